The van der Waals surface area contributed by atoms with Crippen LogP contribution in [0.25, 0.3) is 0 Å². The van der Waals surface area contributed by atoms with Crippen LogP contribution in [0, 0.1) is 17.3 Å². The normalized spacial score (nSPS) is 30.0. The van der Waals surface area contributed by atoms with Crippen LogP contribution in [0.3, 0.4) is 0 Å². The third kappa shape index (κ3) is 2.98. The molecule has 78 valence electrons. The number of nitrogens with zero attached hydrogens (tertiary/aromatic N) is 1. The predicted octanol–water partition coefficient (Wildman–Crippen LogP) is 3.01. The molecule has 1 nitrogen and oxygen atoms in total. The van der Waals surface area contributed by atoms with E-state index < -0.39 is 0 Å². The summed E-state index contributed by atoms with van der Waals surface area (Å²) in [5.74, 6) is 1.88. The quantitative estimate of drug-likeness (QED) is 0.636. The third-order valence-electron chi connectivity index (χ3n) is 3.37. The van der Waals surface area contributed by atoms with E-state index in [-0.39, 0.29) is 0 Å². The van der Waals surface area contributed by atoms with Gasteiger partial charge in [-0.15, -0.1) is 0 Å². The third-order valence-corrected chi connectivity index (χ3v) is 3.37. The Morgan fingerprint density at radius 3 is 2.23 bits per heavy atom. The number of hydrogen-bond donors (Lipinski definition) is 0. The molecule has 2 atom stereocenters. The average Bonchev–Trinajstić information content (AvgIpc) is 2.31. The largest absolute Gasteiger partial charge is 0.309 e. The minimum atomic E-state index is 0.511. The summed E-state index contributed by atoms with van der Waals surface area (Å²) in [5.41, 5.74) is 0.511. The molecule has 1 heteroatoms. The van der Waals surface area contributed by atoms with Crippen LogP contribution < -0.4 is 0 Å². The SMILES string of the molecule is CN(C)C[C@@H]1CCC[C@@H]1C(C)(C)C. The van der Waals surface area contributed by atoms with Gasteiger partial charge < -0.3 is 4.90 Å². The van der Waals surface area contributed by atoms with Crippen molar-refractivity contribution >= 4 is 0 Å². The molecule has 0 amide bonds. The van der Waals surface area contributed by atoms with E-state index in [1.165, 1.54) is 25.8 Å². The van der Waals surface area contributed by atoms with Crippen molar-refractivity contribution in [2.75, 3.05) is 20.6 Å². The zero-order valence-corrected chi connectivity index (χ0v) is 9.93. The van der Waals surface area contributed by atoms with Crippen molar-refractivity contribution in [1.82, 2.24) is 4.90 Å². The van der Waals surface area contributed by atoms with Gasteiger partial charge in [0.15, 0.2) is 0 Å². The van der Waals surface area contributed by atoms with Crippen LogP contribution in [0.2, 0.25) is 0 Å². The second kappa shape index (κ2) is 4.00. The van der Waals surface area contributed by atoms with Crippen LogP contribution in [0.5, 0.6) is 0 Å². The van der Waals surface area contributed by atoms with E-state index in [1.54, 1.807) is 0 Å². The Morgan fingerprint density at radius 2 is 1.77 bits per heavy atom. The molecule has 1 saturated carbocycles. The van der Waals surface area contributed by atoms with Crippen molar-refractivity contribution in [1.29, 1.82) is 0 Å². The van der Waals surface area contributed by atoms with E-state index >= 15 is 0 Å². The van der Waals surface area contributed by atoms with E-state index in [1.807, 2.05) is 0 Å². The summed E-state index contributed by atoms with van der Waals surface area (Å²) in [5, 5.41) is 0. The highest BCUT2D eigenvalue weighted by molar-refractivity contribution is 4.86. The van der Waals surface area contributed by atoms with Gasteiger partial charge >= 0.3 is 0 Å². The highest BCUT2D eigenvalue weighted by Crippen LogP contribution is 2.43. The Labute approximate surface area is 83.5 Å². The van der Waals surface area contributed by atoms with Gasteiger partial charge in [-0.05, 0) is 44.2 Å². The first kappa shape index (κ1) is 11.0. The Morgan fingerprint density at radius 1 is 1.15 bits per heavy atom. The summed E-state index contributed by atoms with van der Waals surface area (Å²) in [6.07, 6.45) is 4.34. The van der Waals surface area contributed by atoms with E-state index in [9.17, 15) is 0 Å². The lowest BCUT2D eigenvalue weighted by Crippen LogP contribution is -2.31. The molecule has 0 aromatic carbocycles. The van der Waals surface area contributed by atoms with Gasteiger partial charge in [0.2, 0.25) is 0 Å². The molecule has 0 radical (unpaired) electrons. The molecule has 0 heterocycles. The van der Waals surface area contributed by atoms with E-state index in [4.69, 9.17) is 0 Å². The molecule has 0 aromatic heterocycles. The summed E-state index contributed by atoms with van der Waals surface area (Å²) in [6, 6.07) is 0. The highest BCUT2D eigenvalue weighted by Gasteiger charge is 2.35. The van der Waals surface area contributed by atoms with E-state index in [2.05, 4.69) is 39.8 Å². The highest BCUT2D eigenvalue weighted by atomic mass is 15.1. The van der Waals surface area contributed by atoms with E-state index in [0.717, 1.165) is 11.8 Å². The fourth-order valence-corrected chi connectivity index (χ4v) is 2.86. The van der Waals surface area contributed by atoms with Crippen molar-refractivity contribution in [3.63, 3.8) is 0 Å². The van der Waals surface area contributed by atoms with Crippen LogP contribution in [0.15, 0.2) is 0 Å². The maximum Gasteiger partial charge on any atom is 0.000641 e. The molecule has 0 bridgehead atoms. The molecule has 0 aromatic rings. The van der Waals surface area contributed by atoms with Gasteiger partial charge in [-0.25, -0.2) is 0 Å². The molecule has 1 rings (SSSR count). The molecule has 0 N–H and O–H groups in total. The summed E-state index contributed by atoms with van der Waals surface area (Å²) < 4.78 is 0. The van der Waals surface area contributed by atoms with Gasteiger partial charge in [-0.2, -0.15) is 0 Å². The maximum atomic E-state index is 2.39. The lowest BCUT2D eigenvalue weighted by atomic mass is 9.75. The molecule has 0 aliphatic heterocycles. The fourth-order valence-electron chi connectivity index (χ4n) is 2.86. The molecular formula is C12H25N. The monoisotopic (exact) mass is 183 g/mol. The van der Waals surface area contributed by atoms with Crippen molar-refractivity contribution < 1.29 is 0 Å². The van der Waals surface area contributed by atoms with Gasteiger partial charge in [-0.1, -0.05) is 27.2 Å². The topological polar surface area (TPSA) is 3.24 Å². The van der Waals surface area contributed by atoms with Gasteiger partial charge in [-0.3, -0.25) is 0 Å². The lowest BCUT2D eigenvalue weighted by Gasteiger charge is -2.33. The predicted molar refractivity (Wildman–Crippen MR) is 58.8 cm³/mol. The minimum Gasteiger partial charge on any atom is -0.309 e. The summed E-state index contributed by atoms with van der Waals surface area (Å²) in [7, 11) is 4.38. The number of rotatable bonds is 2. The molecule has 0 saturated heterocycles. The summed E-state index contributed by atoms with van der Waals surface area (Å²) >= 11 is 0. The molecule has 1 aliphatic rings. The molecular weight excluding hydrogens is 158 g/mol. The first-order chi connectivity index (χ1) is 5.91. The zero-order valence-electron chi connectivity index (χ0n) is 9.93. The van der Waals surface area contributed by atoms with Crippen molar-refractivity contribution in [3.05, 3.63) is 0 Å². The van der Waals surface area contributed by atoms with Crippen molar-refractivity contribution in [3.8, 4) is 0 Å². The fraction of sp³-hybridized carbons (Fsp3) is 1.00. The minimum absolute atomic E-state index is 0.511. The van der Waals surface area contributed by atoms with Gasteiger partial charge in [0.1, 0.15) is 0 Å². The lowest BCUT2D eigenvalue weighted by molar-refractivity contribution is 0.158. The summed E-state index contributed by atoms with van der Waals surface area (Å²) in [4.78, 5) is 2.34. The first-order valence-electron chi connectivity index (χ1n) is 5.56. The molecule has 13 heavy (non-hydrogen) atoms. The van der Waals surface area contributed by atoms with Crippen LogP contribution in [0.4, 0.5) is 0 Å². The molecule has 0 spiro atoms. The molecule has 1 fully saturated rings. The second-order valence-corrected chi connectivity index (χ2v) is 5.93. The van der Waals surface area contributed by atoms with Crippen LogP contribution in [-0.2, 0) is 0 Å². The molecule has 1 aliphatic carbocycles. The van der Waals surface area contributed by atoms with Gasteiger partial charge in [0, 0.05) is 6.54 Å². The van der Waals surface area contributed by atoms with E-state index in [0.29, 0.717) is 5.41 Å². The summed E-state index contributed by atoms with van der Waals surface area (Å²) in [6.45, 7) is 8.46. The Balaban J connectivity index is 2.54. The Hall–Kier alpha value is -0.0400. The van der Waals surface area contributed by atoms with Crippen molar-refractivity contribution in [2.24, 2.45) is 17.3 Å². The van der Waals surface area contributed by atoms with Crippen LogP contribution in [-0.4, -0.2) is 25.5 Å². The zero-order chi connectivity index (χ0) is 10.1. The van der Waals surface area contributed by atoms with Crippen molar-refractivity contribution in [2.45, 2.75) is 40.0 Å². The Kier molecular flexibility index (Phi) is 3.39. The maximum absolute atomic E-state index is 2.39. The number of hydrogen-bond acceptors (Lipinski definition) is 1. The standard InChI is InChI=1S/C12H25N/c1-12(2,3)11-8-6-7-10(11)9-13(4)5/h10-11H,6-9H2,1-5H3/t10-,11-/m0/s1. The van der Waals surface area contributed by atoms with Gasteiger partial charge in [0.05, 0.1) is 0 Å². The average molecular weight is 183 g/mol. The van der Waals surface area contributed by atoms with Crippen LogP contribution in [0.1, 0.15) is 40.0 Å². The molecule has 0 unspecified atom stereocenters. The smallest absolute Gasteiger partial charge is 0.000641 e. The second-order valence-electron chi connectivity index (χ2n) is 5.93. The van der Waals surface area contributed by atoms with Gasteiger partial charge in [0.25, 0.3) is 0 Å². The first-order valence-corrected chi connectivity index (χ1v) is 5.56. The van der Waals surface area contributed by atoms with Crippen LogP contribution >= 0.6 is 0 Å². The Bertz CT molecular complexity index is 155.